The molecule has 0 heterocycles. The van der Waals surface area contributed by atoms with Gasteiger partial charge in [-0.15, -0.1) is 0 Å². The molecule has 1 atom stereocenters. The molecule has 0 saturated carbocycles. The minimum atomic E-state index is -0.811. The summed E-state index contributed by atoms with van der Waals surface area (Å²) in [4.78, 5) is 37.4. The zero-order valence-electron chi connectivity index (χ0n) is 34.4. The lowest BCUT2D eigenvalue weighted by Gasteiger charge is -2.18. The van der Waals surface area contributed by atoms with Gasteiger partial charge < -0.3 is 14.2 Å². The first kappa shape index (κ1) is 50.3. The highest BCUT2D eigenvalue weighted by atomic mass is 16.6. The van der Waals surface area contributed by atoms with Crippen molar-refractivity contribution in [2.75, 3.05) is 13.2 Å². The molecular weight excluding hydrogens is 673 g/mol. The lowest BCUT2D eigenvalue weighted by molar-refractivity contribution is -0.167. The average molecular weight is 749 g/mol. The average Bonchev–Trinajstić information content (AvgIpc) is 3.17. The van der Waals surface area contributed by atoms with Gasteiger partial charge in [-0.2, -0.15) is 0 Å². The van der Waals surface area contributed by atoms with Crippen molar-refractivity contribution in [2.24, 2.45) is 0 Å². The molecule has 6 nitrogen and oxygen atoms in total. The van der Waals surface area contributed by atoms with Crippen LogP contribution in [0.15, 0.2) is 97.2 Å². The van der Waals surface area contributed by atoms with Crippen molar-refractivity contribution in [2.45, 2.75) is 175 Å². The maximum atomic E-state index is 12.6. The van der Waals surface area contributed by atoms with Crippen molar-refractivity contribution in [3.63, 3.8) is 0 Å². The molecule has 0 aliphatic rings. The molecule has 0 aliphatic carbocycles. The number of rotatable bonds is 36. The Morgan fingerprint density at radius 3 is 1.20 bits per heavy atom. The third kappa shape index (κ3) is 39.5. The van der Waals surface area contributed by atoms with Crippen LogP contribution in [0.2, 0.25) is 0 Å². The number of carbonyl (C=O) groups is 3. The second-order valence-electron chi connectivity index (χ2n) is 13.5. The molecule has 0 fully saturated rings. The van der Waals surface area contributed by atoms with Crippen molar-refractivity contribution in [1.82, 2.24) is 0 Å². The van der Waals surface area contributed by atoms with E-state index in [1.165, 1.54) is 19.3 Å². The lowest BCUT2D eigenvalue weighted by atomic mass is 10.1. The van der Waals surface area contributed by atoms with Crippen LogP contribution in [0.4, 0.5) is 0 Å². The summed E-state index contributed by atoms with van der Waals surface area (Å²) in [5.41, 5.74) is 0. The SMILES string of the molecule is CC/C=C\C/C=C\C/C=C\C/C=C\C/C=C\CCCC(=O)OCC(COC(=O)CCCCCCCC)OC(=O)CCCCC/C=C\C/C=C\C/C=C\CC. The van der Waals surface area contributed by atoms with E-state index in [1.54, 1.807) is 0 Å². The van der Waals surface area contributed by atoms with E-state index < -0.39 is 6.10 Å². The molecule has 0 aromatic heterocycles. The third-order valence-corrected chi connectivity index (χ3v) is 8.33. The van der Waals surface area contributed by atoms with Crippen molar-refractivity contribution in [3.8, 4) is 0 Å². The molecular formula is C48H76O6. The van der Waals surface area contributed by atoms with Gasteiger partial charge in [-0.05, 0) is 89.9 Å². The second-order valence-corrected chi connectivity index (χ2v) is 13.5. The Hall–Kier alpha value is -3.67. The zero-order valence-corrected chi connectivity index (χ0v) is 34.4. The van der Waals surface area contributed by atoms with Gasteiger partial charge in [0.2, 0.25) is 0 Å². The monoisotopic (exact) mass is 749 g/mol. The summed E-state index contributed by atoms with van der Waals surface area (Å²) >= 11 is 0. The molecule has 0 spiro atoms. The van der Waals surface area contributed by atoms with E-state index in [2.05, 4.69) is 118 Å². The Bertz CT molecular complexity index is 1140. The lowest BCUT2D eigenvalue weighted by Crippen LogP contribution is -2.30. The maximum Gasteiger partial charge on any atom is 0.306 e. The quantitative estimate of drug-likeness (QED) is 0.0275. The standard InChI is InChI=1S/C48H76O6/c1-4-7-10-13-16-18-20-22-23-24-25-27-28-30-32-35-38-41-47(50)53-44-45(43-52-46(49)40-37-34-15-12-9-6-3)54-48(51)42-39-36-33-31-29-26-21-19-17-14-11-8-5-2/h7-8,10-11,16-19,22-23,25-27,29-30,32,45H,4-6,9,12-15,20-21,24,28,31,33-44H2,1-3H3/b10-7-,11-8-,18-16-,19-17-,23-22-,27-25-,29-26-,32-30-. The number of hydrogen-bond acceptors (Lipinski definition) is 6. The number of allylic oxidation sites excluding steroid dienone is 16. The molecule has 0 aromatic carbocycles. The summed E-state index contributed by atoms with van der Waals surface area (Å²) in [6.07, 6.45) is 54.2. The minimum absolute atomic E-state index is 0.109. The molecule has 0 aliphatic heterocycles. The molecule has 0 aromatic rings. The fourth-order valence-corrected chi connectivity index (χ4v) is 5.19. The van der Waals surface area contributed by atoms with Crippen LogP contribution in [0.5, 0.6) is 0 Å². The maximum absolute atomic E-state index is 12.6. The van der Waals surface area contributed by atoms with Gasteiger partial charge in [-0.25, -0.2) is 0 Å². The first-order valence-electron chi connectivity index (χ1n) is 21.2. The normalized spacial score (nSPS) is 13.0. The molecule has 1 unspecified atom stereocenters. The van der Waals surface area contributed by atoms with E-state index in [4.69, 9.17) is 14.2 Å². The number of carbonyl (C=O) groups excluding carboxylic acids is 3. The van der Waals surface area contributed by atoms with Crippen LogP contribution < -0.4 is 0 Å². The molecule has 0 bridgehead atoms. The topological polar surface area (TPSA) is 78.9 Å². The molecule has 0 N–H and O–H groups in total. The Kier molecular flexibility index (Phi) is 39.2. The van der Waals surface area contributed by atoms with Gasteiger partial charge in [-0.3, -0.25) is 14.4 Å². The van der Waals surface area contributed by atoms with Crippen LogP contribution in [0.1, 0.15) is 168 Å². The van der Waals surface area contributed by atoms with E-state index >= 15 is 0 Å². The molecule has 0 radical (unpaired) electrons. The van der Waals surface area contributed by atoms with Gasteiger partial charge in [0.25, 0.3) is 0 Å². The highest BCUT2D eigenvalue weighted by Gasteiger charge is 2.19. The zero-order chi connectivity index (χ0) is 39.4. The number of ether oxygens (including phenoxy) is 3. The number of esters is 3. The van der Waals surface area contributed by atoms with Crippen LogP contribution in [0.25, 0.3) is 0 Å². The van der Waals surface area contributed by atoms with Crippen LogP contribution in [0, 0.1) is 0 Å². The van der Waals surface area contributed by atoms with Gasteiger partial charge in [-0.1, -0.05) is 157 Å². The Labute approximate surface area is 330 Å². The highest BCUT2D eigenvalue weighted by Crippen LogP contribution is 2.11. The Morgan fingerprint density at radius 2 is 0.741 bits per heavy atom. The van der Waals surface area contributed by atoms with Crippen LogP contribution in [-0.2, 0) is 28.6 Å². The van der Waals surface area contributed by atoms with Gasteiger partial charge in [0, 0.05) is 19.3 Å². The van der Waals surface area contributed by atoms with Gasteiger partial charge in [0.1, 0.15) is 13.2 Å². The summed E-state index contributed by atoms with van der Waals surface area (Å²) in [5, 5.41) is 0. The van der Waals surface area contributed by atoms with Crippen molar-refractivity contribution in [1.29, 1.82) is 0 Å². The Morgan fingerprint density at radius 1 is 0.389 bits per heavy atom. The summed E-state index contributed by atoms with van der Waals surface area (Å²) in [5.74, 6) is -1.02. The van der Waals surface area contributed by atoms with Gasteiger partial charge in [0.05, 0.1) is 0 Å². The summed E-state index contributed by atoms with van der Waals surface area (Å²) in [7, 11) is 0. The van der Waals surface area contributed by atoms with E-state index in [9.17, 15) is 14.4 Å². The van der Waals surface area contributed by atoms with Crippen LogP contribution in [0.3, 0.4) is 0 Å². The number of hydrogen-bond donors (Lipinski definition) is 0. The van der Waals surface area contributed by atoms with E-state index in [-0.39, 0.29) is 44.0 Å². The third-order valence-electron chi connectivity index (χ3n) is 8.33. The van der Waals surface area contributed by atoms with E-state index in [1.807, 2.05) is 0 Å². The first-order valence-corrected chi connectivity index (χ1v) is 21.2. The molecule has 0 saturated heterocycles. The van der Waals surface area contributed by atoms with E-state index in [0.717, 1.165) is 103 Å². The summed E-state index contributed by atoms with van der Waals surface area (Å²) in [6, 6.07) is 0. The largest absolute Gasteiger partial charge is 0.462 e. The van der Waals surface area contributed by atoms with E-state index in [0.29, 0.717) is 12.8 Å². The highest BCUT2D eigenvalue weighted by molar-refractivity contribution is 5.71. The summed E-state index contributed by atoms with van der Waals surface area (Å²) in [6.45, 7) is 6.23. The smallest absolute Gasteiger partial charge is 0.306 e. The molecule has 0 amide bonds. The fourth-order valence-electron chi connectivity index (χ4n) is 5.19. The van der Waals surface area contributed by atoms with Gasteiger partial charge in [0.15, 0.2) is 6.10 Å². The van der Waals surface area contributed by atoms with Crippen LogP contribution in [-0.4, -0.2) is 37.2 Å². The summed E-state index contributed by atoms with van der Waals surface area (Å²) < 4.78 is 16.5. The fraction of sp³-hybridized carbons (Fsp3) is 0.604. The first-order chi connectivity index (χ1) is 26.5. The van der Waals surface area contributed by atoms with Crippen molar-refractivity contribution < 1.29 is 28.6 Å². The molecule has 6 heteroatoms. The second kappa shape index (κ2) is 42.1. The predicted octanol–water partition coefficient (Wildman–Crippen LogP) is 13.5. The van der Waals surface area contributed by atoms with Crippen LogP contribution >= 0.6 is 0 Å². The molecule has 304 valence electrons. The number of unbranched alkanes of at least 4 members (excludes halogenated alkanes) is 9. The minimum Gasteiger partial charge on any atom is -0.462 e. The van der Waals surface area contributed by atoms with Gasteiger partial charge >= 0.3 is 17.9 Å². The van der Waals surface area contributed by atoms with Crippen molar-refractivity contribution in [3.05, 3.63) is 97.2 Å². The Balaban J connectivity index is 4.46. The molecule has 54 heavy (non-hydrogen) atoms. The predicted molar refractivity (Wildman–Crippen MR) is 228 cm³/mol. The molecule has 0 rings (SSSR count). The van der Waals surface area contributed by atoms with Crippen molar-refractivity contribution >= 4 is 17.9 Å².